The van der Waals surface area contributed by atoms with Gasteiger partial charge in [-0.3, -0.25) is 4.98 Å². The molecule has 20 heavy (non-hydrogen) atoms. The van der Waals surface area contributed by atoms with Crippen molar-refractivity contribution in [2.75, 3.05) is 18.0 Å². The van der Waals surface area contributed by atoms with Gasteiger partial charge in [0, 0.05) is 42.4 Å². The maximum absolute atomic E-state index is 13.5. The summed E-state index contributed by atoms with van der Waals surface area (Å²) in [6.45, 7) is 2.67. The molecule has 0 saturated carbocycles. The predicted octanol–water partition coefficient (Wildman–Crippen LogP) is 3.30. The van der Waals surface area contributed by atoms with Crippen molar-refractivity contribution in [1.82, 2.24) is 10.3 Å². The standard InChI is InChI=1S/C14H15ClFN3S/c15-13-2-1-11(5-14(13)16)19-4-3-10(8-19)18-7-12-6-17-9-20-12/h1-2,5-6,9-10,18H,3-4,7-8H2/t10-/m1/s1. The molecule has 0 spiro atoms. The summed E-state index contributed by atoms with van der Waals surface area (Å²) < 4.78 is 13.5. The first kappa shape index (κ1) is 13.8. The number of rotatable bonds is 4. The van der Waals surface area contributed by atoms with Gasteiger partial charge in [0.1, 0.15) is 5.82 Å². The second kappa shape index (κ2) is 6.08. The molecule has 0 radical (unpaired) electrons. The fraction of sp³-hybridized carbons (Fsp3) is 0.357. The second-order valence-electron chi connectivity index (χ2n) is 4.88. The number of benzene rings is 1. The zero-order valence-corrected chi connectivity index (χ0v) is 12.4. The Balaban J connectivity index is 1.57. The first-order valence-electron chi connectivity index (χ1n) is 6.53. The van der Waals surface area contributed by atoms with E-state index in [0.29, 0.717) is 6.04 Å². The summed E-state index contributed by atoms with van der Waals surface area (Å²) in [7, 11) is 0. The van der Waals surface area contributed by atoms with Crippen molar-refractivity contribution in [1.29, 1.82) is 0 Å². The Morgan fingerprint density at radius 2 is 2.40 bits per heavy atom. The number of nitrogens with one attached hydrogen (secondary N) is 1. The minimum absolute atomic E-state index is 0.174. The average molecular weight is 312 g/mol. The third-order valence-corrected chi connectivity index (χ3v) is 4.59. The topological polar surface area (TPSA) is 28.2 Å². The van der Waals surface area contributed by atoms with Crippen LogP contribution in [0.1, 0.15) is 11.3 Å². The fourth-order valence-corrected chi connectivity index (χ4v) is 3.08. The first-order valence-corrected chi connectivity index (χ1v) is 7.79. The molecule has 6 heteroatoms. The van der Waals surface area contributed by atoms with Gasteiger partial charge in [0.05, 0.1) is 10.5 Å². The van der Waals surface area contributed by atoms with E-state index in [1.165, 1.54) is 10.9 Å². The number of aromatic nitrogens is 1. The van der Waals surface area contributed by atoms with Crippen LogP contribution in [0.25, 0.3) is 0 Å². The molecule has 1 fully saturated rings. The van der Waals surface area contributed by atoms with Crippen LogP contribution < -0.4 is 10.2 Å². The van der Waals surface area contributed by atoms with E-state index in [-0.39, 0.29) is 10.8 Å². The van der Waals surface area contributed by atoms with Crippen LogP contribution in [0, 0.1) is 5.82 Å². The van der Waals surface area contributed by atoms with Gasteiger partial charge in [0.2, 0.25) is 0 Å². The van der Waals surface area contributed by atoms with Crippen molar-refractivity contribution in [3.8, 4) is 0 Å². The smallest absolute Gasteiger partial charge is 0.143 e. The van der Waals surface area contributed by atoms with E-state index in [9.17, 15) is 4.39 Å². The number of nitrogens with zero attached hydrogens (tertiary/aromatic N) is 2. The van der Waals surface area contributed by atoms with E-state index in [1.807, 2.05) is 17.8 Å². The molecule has 3 rings (SSSR count). The van der Waals surface area contributed by atoms with Crippen LogP contribution in [0.4, 0.5) is 10.1 Å². The van der Waals surface area contributed by atoms with E-state index < -0.39 is 0 Å². The van der Waals surface area contributed by atoms with Crippen molar-refractivity contribution in [3.05, 3.63) is 45.6 Å². The number of anilines is 1. The van der Waals surface area contributed by atoms with Gasteiger partial charge in [-0.05, 0) is 24.6 Å². The van der Waals surface area contributed by atoms with Gasteiger partial charge < -0.3 is 10.2 Å². The number of hydrogen-bond donors (Lipinski definition) is 1. The zero-order chi connectivity index (χ0) is 13.9. The largest absolute Gasteiger partial charge is 0.370 e. The van der Waals surface area contributed by atoms with Crippen LogP contribution in [0.5, 0.6) is 0 Å². The Morgan fingerprint density at radius 1 is 1.50 bits per heavy atom. The molecular formula is C14H15ClFN3S. The molecule has 0 amide bonds. The van der Waals surface area contributed by atoms with E-state index in [1.54, 1.807) is 17.4 Å². The van der Waals surface area contributed by atoms with Gasteiger partial charge in [-0.2, -0.15) is 0 Å². The molecule has 2 heterocycles. The van der Waals surface area contributed by atoms with Crippen molar-refractivity contribution in [2.24, 2.45) is 0 Å². The van der Waals surface area contributed by atoms with Gasteiger partial charge in [0.25, 0.3) is 0 Å². The Labute approximate surface area is 126 Å². The number of halogens is 2. The SMILES string of the molecule is Fc1cc(N2CC[C@@H](NCc3cncs3)C2)ccc1Cl. The minimum Gasteiger partial charge on any atom is -0.370 e. The van der Waals surface area contributed by atoms with Gasteiger partial charge >= 0.3 is 0 Å². The quantitative estimate of drug-likeness (QED) is 0.939. The molecule has 1 aromatic carbocycles. The summed E-state index contributed by atoms with van der Waals surface area (Å²) in [5, 5.41) is 3.69. The molecule has 1 aliphatic heterocycles. The number of thiazole rings is 1. The highest BCUT2D eigenvalue weighted by molar-refractivity contribution is 7.09. The van der Waals surface area contributed by atoms with Crippen LogP contribution in [0.3, 0.4) is 0 Å². The molecule has 0 unspecified atom stereocenters. The first-order chi connectivity index (χ1) is 9.72. The summed E-state index contributed by atoms with van der Waals surface area (Å²) in [6.07, 6.45) is 2.95. The van der Waals surface area contributed by atoms with Crippen LogP contribution >= 0.6 is 22.9 Å². The van der Waals surface area contributed by atoms with Crippen molar-refractivity contribution in [3.63, 3.8) is 0 Å². The highest BCUT2D eigenvalue weighted by Crippen LogP contribution is 2.25. The lowest BCUT2D eigenvalue weighted by atomic mass is 10.2. The minimum atomic E-state index is -0.356. The monoisotopic (exact) mass is 311 g/mol. The predicted molar refractivity (Wildman–Crippen MR) is 81.0 cm³/mol. The molecule has 0 bridgehead atoms. The Hall–Kier alpha value is -1.17. The van der Waals surface area contributed by atoms with Crippen molar-refractivity contribution >= 4 is 28.6 Å². The van der Waals surface area contributed by atoms with E-state index in [2.05, 4.69) is 15.2 Å². The molecule has 1 saturated heterocycles. The highest BCUT2D eigenvalue weighted by Gasteiger charge is 2.22. The summed E-state index contributed by atoms with van der Waals surface area (Å²) in [4.78, 5) is 7.48. The normalized spacial score (nSPS) is 18.7. The molecule has 3 nitrogen and oxygen atoms in total. The molecular weight excluding hydrogens is 297 g/mol. The van der Waals surface area contributed by atoms with E-state index in [4.69, 9.17) is 11.6 Å². The third kappa shape index (κ3) is 3.11. The maximum Gasteiger partial charge on any atom is 0.143 e. The lowest BCUT2D eigenvalue weighted by Gasteiger charge is -2.19. The van der Waals surface area contributed by atoms with Gasteiger partial charge in [-0.15, -0.1) is 11.3 Å². The van der Waals surface area contributed by atoms with Crippen molar-refractivity contribution < 1.29 is 4.39 Å². The summed E-state index contributed by atoms with van der Waals surface area (Å²) in [6, 6.07) is 5.42. The molecule has 2 aromatic rings. The van der Waals surface area contributed by atoms with Gasteiger partial charge in [0.15, 0.2) is 0 Å². The molecule has 1 aliphatic rings. The summed E-state index contributed by atoms with van der Waals surface area (Å²) in [5.74, 6) is -0.356. The molecule has 1 N–H and O–H groups in total. The van der Waals surface area contributed by atoms with Crippen LogP contribution in [0.15, 0.2) is 29.9 Å². The maximum atomic E-state index is 13.5. The highest BCUT2D eigenvalue weighted by atomic mass is 35.5. The zero-order valence-electron chi connectivity index (χ0n) is 10.9. The fourth-order valence-electron chi connectivity index (χ4n) is 2.42. The Kier molecular flexibility index (Phi) is 4.19. The average Bonchev–Trinajstić information content (AvgIpc) is 3.10. The second-order valence-corrected chi connectivity index (χ2v) is 6.26. The molecule has 1 aromatic heterocycles. The Bertz CT molecular complexity index is 576. The van der Waals surface area contributed by atoms with Gasteiger partial charge in [-0.25, -0.2) is 4.39 Å². The van der Waals surface area contributed by atoms with E-state index in [0.717, 1.165) is 31.7 Å². The molecule has 0 aliphatic carbocycles. The lowest BCUT2D eigenvalue weighted by Crippen LogP contribution is -2.31. The lowest BCUT2D eigenvalue weighted by molar-refractivity contribution is 0.554. The summed E-state index contributed by atoms with van der Waals surface area (Å²) in [5.41, 5.74) is 2.74. The Morgan fingerprint density at radius 3 is 3.15 bits per heavy atom. The number of hydrogen-bond acceptors (Lipinski definition) is 4. The summed E-state index contributed by atoms with van der Waals surface area (Å²) >= 11 is 7.37. The van der Waals surface area contributed by atoms with Crippen molar-refractivity contribution in [2.45, 2.75) is 19.0 Å². The van der Waals surface area contributed by atoms with Crippen LogP contribution in [-0.4, -0.2) is 24.1 Å². The van der Waals surface area contributed by atoms with Crippen LogP contribution in [-0.2, 0) is 6.54 Å². The van der Waals surface area contributed by atoms with E-state index >= 15 is 0 Å². The third-order valence-electron chi connectivity index (χ3n) is 3.51. The molecule has 106 valence electrons. The molecule has 1 atom stereocenters. The van der Waals surface area contributed by atoms with Gasteiger partial charge in [-0.1, -0.05) is 11.6 Å². The van der Waals surface area contributed by atoms with Crippen LogP contribution in [0.2, 0.25) is 5.02 Å².